The monoisotopic (exact) mass is 374 g/mol. The fraction of sp³-hybridized carbons (Fsp3) is 0.316. The van der Waals surface area contributed by atoms with Crippen molar-refractivity contribution in [2.75, 3.05) is 13.7 Å². The molecule has 1 heterocycles. The highest BCUT2D eigenvalue weighted by Crippen LogP contribution is 2.20. The van der Waals surface area contributed by atoms with Crippen molar-refractivity contribution in [1.29, 1.82) is 0 Å². The molecule has 0 bridgehead atoms. The van der Waals surface area contributed by atoms with Gasteiger partial charge in [0, 0.05) is 6.07 Å². The Bertz CT molecular complexity index is 866. The van der Waals surface area contributed by atoms with Crippen molar-refractivity contribution in [3.05, 3.63) is 56.7 Å². The first kappa shape index (κ1) is 19.7. The smallest absolute Gasteiger partial charge is 0.339 e. The van der Waals surface area contributed by atoms with E-state index in [0.29, 0.717) is 18.2 Å². The molecule has 0 amide bonds. The van der Waals surface area contributed by atoms with Crippen LogP contribution in [0.3, 0.4) is 0 Å². The fourth-order valence-corrected chi connectivity index (χ4v) is 2.42. The van der Waals surface area contributed by atoms with Crippen molar-refractivity contribution in [2.45, 2.75) is 20.3 Å². The van der Waals surface area contributed by atoms with Gasteiger partial charge in [-0.25, -0.2) is 4.79 Å². The quantitative estimate of drug-likeness (QED) is 0.440. The first-order valence-corrected chi connectivity index (χ1v) is 8.66. The van der Waals surface area contributed by atoms with E-state index in [-0.39, 0.29) is 10.3 Å². The van der Waals surface area contributed by atoms with Crippen molar-refractivity contribution >= 4 is 29.8 Å². The van der Waals surface area contributed by atoms with Gasteiger partial charge in [-0.1, -0.05) is 26.0 Å². The molecule has 0 saturated heterocycles. The Morgan fingerprint density at radius 1 is 1.23 bits per heavy atom. The zero-order valence-electron chi connectivity index (χ0n) is 15.0. The van der Waals surface area contributed by atoms with Crippen LogP contribution in [0.4, 0.5) is 0 Å². The topological polar surface area (TPSA) is 84.2 Å². The van der Waals surface area contributed by atoms with Crippen LogP contribution in [0, 0.1) is 10.7 Å². The van der Waals surface area contributed by atoms with E-state index in [9.17, 15) is 9.59 Å². The lowest BCUT2D eigenvalue weighted by atomic mass is 10.1. The highest BCUT2D eigenvalue weighted by atomic mass is 32.1. The minimum absolute atomic E-state index is 0.135. The minimum atomic E-state index is -0.571. The standard InChI is InChI=1S/C19H22N2O4S/c1-12(2)8-9-25-14-6-4-13(5-7-14)10-15(18(23)24-3)16-11-17(22)21-19(26)20-16/h4-7,10-12H,8-9H2,1-3H3,(H2,20,21,22,26)/b15-10-. The van der Waals surface area contributed by atoms with E-state index in [4.69, 9.17) is 21.7 Å². The lowest BCUT2D eigenvalue weighted by Gasteiger charge is -2.09. The van der Waals surface area contributed by atoms with Gasteiger partial charge in [-0.15, -0.1) is 0 Å². The molecule has 0 saturated carbocycles. The Hall–Kier alpha value is -2.67. The summed E-state index contributed by atoms with van der Waals surface area (Å²) in [6.07, 6.45) is 2.61. The summed E-state index contributed by atoms with van der Waals surface area (Å²) in [7, 11) is 1.28. The predicted octanol–water partition coefficient (Wildman–Crippen LogP) is 3.57. The van der Waals surface area contributed by atoms with Crippen LogP contribution in [0.2, 0.25) is 0 Å². The van der Waals surface area contributed by atoms with Crippen LogP contribution in [0.5, 0.6) is 5.75 Å². The molecule has 0 aliphatic heterocycles. The summed E-state index contributed by atoms with van der Waals surface area (Å²) in [4.78, 5) is 29.0. The number of ether oxygens (including phenoxy) is 2. The van der Waals surface area contributed by atoms with Gasteiger partial charge in [0.2, 0.25) is 0 Å². The molecule has 2 aromatic rings. The van der Waals surface area contributed by atoms with Crippen LogP contribution >= 0.6 is 12.2 Å². The Kier molecular flexibility index (Phi) is 6.91. The van der Waals surface area contributed by atoms with Crippen molar-refractivity contribution in [1.82, 2.24) is 9.97 Å². The second-order valence-corrected chi connectivity index (χ2v) is 6.56. The molecule has 0 atom stereocenters. The summed E-state index contributed by atoms with van der Waals surface area (Å²) >= 11 is 4.96. The van der Waals surface area contributed by atoms with Crippen LogP contribution in [0.15, 0.2) is 35.1 Å². The van der Waals surface area contributed by atoms with Gasteiger partial charge in [-0.3, -0.25) is 9.78 Å². The molecule has 0 unspecified atom stereocenters. The molecule has 6 nitrogen and oxygen atoms in total. The second-order valence-electron chi connectivity index (χ2n) is 6.15. The third kappa shape index (κ3) is 5.70. The highest BCUT2D eigenvalue weighted by Gasteiger charge is 2.14. The number of benzene rings is 1. The molecule has 1 aromatic heterocycles. The van der Waals surface area contributed by atoms with E-state index in [1.165, 1.54) is 13.2 Å². The SMILES string of the molecule is COC(=O)/C(=C\c1ccc(OCCC(C)C)cc1)c1cc(=O)[nH]c(=S)[nH]1. The molecule has 2 N–H and O–H groups in total. The molecule has 7 heteroatoms. The lowest BCUT2D eigenvalue weighted by molar-refractivity contribution is -0.133. The van der Waals surface area contributed by atoms with Crippen LogP contribution in [0.25, 0.3) is 11.6 Å². The Morgan fingerprint density at radius 3 is 2.50 bits per heavy atom. The zero-order valence-corrected chi connectivity index (χ0v) is 15.8. The van der Waals surface area contributed by atoms with Gasteiger partial charge in [0.15, 0.2) is 4.77 Å². The van der Waals surface area contributed by atoms with E-state index < -0.39 is 11.5 Å². The molecular formula is C19H22N2O4S. The summed E-state index contributed by atoms with van der Waals surface area (Å²) < 4.78 is 10.6. The summed E-state index contributed by atoms with van der Waals surface area (Å²) in [6.45, 7) is 4.95. The molecule has 0 radical (unpaired) electrons. The van der Waals surface area contributed by atoms with E-state index >= 15 is 0 Å². The van der Waals surface area contributed by atoms with E-state index in [2.05, 4.69) is 23.8 Å². The summed E-state index contributed by atoms with van der Waals surface area (Å²) in [5.41, 5.74) is 0.870. The molecule has 26 heavy (non-hydrogen) atoms. The average Bonchev–Trinajstić information content (AvgIpc) is 2.59. The van der Waals surface area contributed by atoms with E-state index in [0.717, 1.165) is 17.7 Å². The third-order valence-corrected chi connectivity index (χ3v) is 3.82. The van der Waals surface area contributed by atoms with Gasteiger partial charge in [-0.05, 0) is 48.3 Å². The minimum Gasteiger partial charge on any atom is -0.494 e. The normalized spacial score (nSPS) is 11.5. The number of nitrogens with one attached hydrogen (secondary N) is 2. The van der Waals surface area contributed by atoms with Gasteiger partial charge in [0.05, 0.1) is 25.0 Å². The van der Waals surface area contributed by atoms with Gasteiger partial charge in [-0.2, -0.15) is 0 Å². The molecule has 2 rings (SSSR count). The number of carbonyl (C=O) groups excluding carboxylic acids is 1. The van der Waals surface area contributed by atoms with Crippen LogP contribution in [-0.2, 0) is 9.53 Å². The maximum atomic E-state index is 12.1. The van der Waals surface area contributed by atoms with Gasteiger partial charge < -0.3 is 14.5 Å². The number of carbonyl (C=O) groups is 1. The second kappa shape index (κ2) is 9.15. The number of hydrogen-bond acceptors (Lipinski definition) is 5. The predicted molar refractivity (Wildman–Crippen MR) is 104 cm³/mol. The largest absolute Gasteiger partial charge is 0.494 e. The van der Waals surface area contributed by atoms with Crippen molar-refractivity contribution < 1.29 is 14.3 Å². The highest BCUT2D eigenvalue weighted by molar-refractivity contribution is 7.71. The average molecular weight is 374 g/mol. The van der Waals surface area contributed by atoms with Crippen LogP contribution < -0.4 is 10.3 Å². The van der Waals surface area contributed by atoms with Crippen LogP contribution in [0.1, 0.15) is 31.5 Å². The van der Waals surface area contributed by atoms with Gasteiger partial charge in [0.25, 0.3) is 5.56 Å². The number of aromatic nitrogens is 2. The number of aromatic amines is 2. The third-order valence-electron chi connectivity index (χ3n) is 3.61. The van der Waals surface area contributed by atoms with Gasteiger partial charge >= 0.3 is 5.97 Å². The molecule has 0 aliphatic rings. The van der Waals surface area contributed by atoms with Crippen molar-refractivity contribution in [3.8, 4) is 5.75 Å². The first-order valence-electron chi connectivity index (χ1n) is 8.26. The lowest BCUT2D eigenvalue weighted by Crippen LogP contribution is -2.12. The molecular weight excluding hydrogens is 352 g/mol. The van der Waals surface area contributed by atoms with E-state index in [1.54, 1.807) is 6.08 Å². The molecule has 1 aromatic carbocycles. The Morgan fingerprint density at radius 2 is 1.92 bits per heavy atom. The molecule has 138 valence electrons. The molecule has 0 spiro atoms. The summed E-state index contributed by atoms with van der Waals surface area (Å²) in [5.74, 6) is 0.774. The van der Waals surface area contributed by atoms with E-state index in [1.807, 2.05) is 24.3 Å². The summed E-state index contributed by atoms with van der Waals surface area (Å²) in [6, 6.07) is 8.59. The summed E-state index contributed by atoms with van der Waals surface area (Å²) in [5, 5.41) is 0. The number of H-pyrrole nitrogens is 2. The van der Waals surface area contributed by atoms with Gasteiger partial charge in [0.1, 0.15) is 5.75 Å². The van der Waals surface area contributed by atoms with Crippen LogP contribution in [-0.4, -0.2) is 29.7 Å². The number of hydrogen-bond donors (Lipinski definition) is 2. The first-order chi connectivity index (χ1) is 12.4. The number of rotatable bonds is 7. The maximum Gasteiger partial charge on any atom is 0.339 e. The van der Waals surface area contributed by atoms with Crippen molar-refractivity contribution in [3.63, 3.8) is 0 Å². The maximum absolute atomic E-state index is 12.1. The number of esters is 1. The Labute approximate surface area is 156 Å². The van der Waals surface area contributed by atoms with Crippen molar-refractivity contribution in [2.24, 2.45) is 5.92 Å². The fourth-order valence-electron chi connectivity index (χ4n) is 2.21. The number of methoxy groups -OCH3 is 1. The zero-order chi connectivity index (χ0) is 19.1. The molecule has 0 fully saturated rings. The Balaban J connectivity index is 2.28. The molecule has 0 aliphatic carbocycles.